The third-order valence-corrected chi connectivity index (χ3v) is 21.5. The van der Waals surface area contributed by atoms with Gasteiger partial charge >= 0.3 is 5.97 Å². The van der Waals surface area contributed by atoms with Gasteiger partial charge in [-0.15, -0.1) is 0 Å². The Morgan fingerprint density at radius 2 is 1.02 bits per heavy atom. The van der Waals surface area contributed by atoms with Gasteiger partial charge in [0, 0.05) is 79.8 Å². The van der Waals surface area contributed by atoms with Gasteiger partial charge in [-0.1, -0.05) is 151 Å². The Kier molecular flexibility index (Phi) is 34.6. The summed E-state index contributed by atoms with van der Waals surface area (Å²) in [6, 6.07) is 16.7. The van der Waals surface area contributed by atoms with Crippen LogP contribution in [0.2, 0.25) is 0 Å². The number of aromatic hydroxyl groups is 1. The molecular formula is C79H102N16O17S2. The number of aliphatic hydroxyl groups is 2. The summed E-state index contributed by atoms with van der Waals surface area (Å²) in [7, 11) is 1.67. The Labute approximate surface area is 666 Å². The SMILES string of the molecule is CC(C)NCc1ccc(C[C@@H]2NC(=O)[C@H](Cc3c[nH]c4ccccc34)NC(=O)[C@H](Cc3ccccc3)NC(=O)[C@@H]3CCC(=O)NCC[C@H](NC(=O)[C@H](Cc4ccccc4)NC(=O)[C@H]([C@@H](C)O)NC2=O)C(=O)N[C@@H](CO)C(=O)N[C@H](C(=O)O)CSSC[C@@H](NC(=O)[C@@H](N)Cc2ccc(O)cc2)C(=O)N[C@H](CCCCN)C(=O)N3)cc1. The molecule has 6 aromatic rings. The van der Waals surface area contributed by atoms with Gasteiger partial charge in [0.2, 0.25) is 70.9 Å². The lowest BCUT2D eigenvalue weighted by Crippen LogP contribution is -2.63. The number of aromatic amines is 1. The number of hydrogen-bond donors (Lipinski definition) is 20. The molecular weight excluding hydrogens is 1510 g/mol. The molecule has 5 aromatic carbocycles. The second kappa shape index (κ2) is 44.5. The van der Waals surface area contributed by atoms with Gasteiger partial charge in [-0.05, 0) is 104 Å². The number of aliphatic hydroxyl groups excluding tert-OH is 2. The van der Waals surface area contributed by atoms with E-state index < -0.39 is 194 Å². The van der Waals surface area contributed by atoms with E-state index in [9.17, 15) is 54.0 Å². The molecule has 8 rings (SSSR count). The third kappa shape index (κ3) is 27.7. The second-order valence-corrected chi connectivity index (χ2v) is 30.9. The number of phenols is 1. The third-order valence-electron chi connectivity index (χ3n) is 19.0. The number of phenolic OH excluding ortho intramolecular Hbond substituents is 1. The number of benzene rings is 5. The van der Waals surface area contributed by atoms with Gasteiger partial charge in [-0.3, -0.25) is 57.5 Å². The van der Waals surface area contributed by atoms with Crippen molar-refractivity contribution in [3.63, 3.8) is 0 Å². The van der Waals surface area contributed by atoms with Gasteiger partial charge < -0.3 is 106 Å². The lowest BCUT2D eigenvalue weighted by Gasteiger charge is -2.29. The van der Waals surface area contributed by atoms with E-state index >= 15 is 28.8 Å². The maximum absolute atomic E-state index is 15.6. The van der Waals surface area contributed by atoms with Crippen LogP contribution in [0.25, 0.3) is 10.9 Å². The van der Waals surface area contributed by atoms with E-state index in [0.29, 0.717) is 51.7 Å². The minimum absolute atomic E-state index is 0.0553. The monoisotopic (exact) mass is 1610 g/mol. The van der Waals surface area contributed by atoms with Crippen molar-refractivity contribution in [2.24, 2.45) is 11.5 Å². The van der Waals surface area contributed by atoms with Gasteiger partial charge in [0.15, 0.2) is 0 Å². The molecule has 33 nitrogen and oxygen atoms in total. The standard InChI is InChI=1S/C79H102N16O17S2/c1-44(2)83-39-50-23-21-49(22-24-50)37-61-75(107)95-67(45(3)97)78(110)91-60(36-47-16-8-5-9-17-47)72(104)87-58-31-33-82-66(99)30-29-57(70(102)88-59(35-46-14-6-4-7-15-46)73(105)90-62(74(106)89-61)38-51-40-84-55-19-11-10-18-53(51)55)86-69(101)56(20-12-13-32-80)85-77(109)64(93-68(100)54(81)34-48-25-27-52(98)28-26-48)42-113-114-43-65(79(111)112)94-76(108)63(41-96)92-71(58)103/h4-11,14-19,21-28,40,44-45,54,56-65,67,83-84,96-98H,12-13,20,29-39,41-43,80-81H2,1-3H3,(H,82,99)(H,85,109)(H,86,101)(H,87,104)(H,88,102)(H,89,106)(H,90,105)(H,91,110)(H,92,103)(H,93,100)(H,94,108)(H,95,107)(H,111,112)/t45-,54+,56-,57+,58+,59+,60+,61+,62+,63+,64-,65+,67+/m1/s1. The zero-order valence-electron chi connectivity index (χ0n) is 63.5. The highest BCUT2D eigenvalue weighted by Gasteiger charge is 2.39. The van der Waals surface area contributed by atoms with Crippen LogP contribution in [0.1, 0.15) is 92.7 Å². The number of amides is 12. The zero-order valence-corrected chi connectivity index (χ0v) is 65.1. The fraction of sp³-hybridized carbons (Fsp3) is 0.430. The molecule has 22 N–H and O–H groups in total. The molecule has 2 saturated heterocycles. The highest BCUT2D eigenvalue weighted by Crippen LogP contribution is 2.25. The van der Waals surface area contributed by atoms with Crippen molar-refractivity contribution in [3.8, 4) is 5.75 Å². The molecule has 2 aliphatic heterocycles. The zero-order chi connectivity index (χ0) is 82.4. The number of carbonyl (C=O) groups excluding carboxylic acids is 12. The van der Waals surface area contributed by atoms with Crippen molar-refractivity contribution in [2.45, 2.75) is 183 Å². The van der Waals surface area contributed by atoms with Crippen LogP contribution in [0.5, 0.6) is 5.75 Å². The second-order valence-electron chi connectivity index (χ2n) is 28.4. The molecule has 612 valence electrons. The summed E-state index contributed by atoms with van der Waals surface area (Å²) in [5, 5.41) is 77.9. The number of H-pyrrole nitrogens is 1. The number of para-hydroxylation sites is 1. The summed E-state index contributed by atoms with van der Waals surface area (Å²) in [6.07, 6.45) is -2.59. The number of carboxylic acids is 1. The van der Waals surface area contributed by atoms with Crippen LogP contribution in [0.4, 0.5) is 0 Å². The number of hydrogen-bond acceptors (Lipinski definition) is 21. The maximum Gasteiger partial charge on any atom is 0.327 e. The van der Waals surface area contributed by atoms with E-state index in [1.807, 2.05) is 26.0 Å². The Morgan fingerprint density at radius 3 is 1.61 bits per heavy atom. The quantitative estimate of drug-likeness (QED) is 0.0281. The van der Waals surface area contributed by atoms with Gasteiger partial charge in [0.25, 0.3) is 0 Å². The topological polar surface area (TPSA) is 527 Å². The van der Waals surface area contributed by atoms with Crippen molar-refractivity contribution in [1.82, 2.24) is 74.1 Å². The Morgan fingerprint density at radius 1 is 0.526 bits per heavy atom. The summed E-state index contributed by atoms with van der Waals surface area (Å²) < 4.78 is 0. The number of nitrogens with one attached hydrogen (secondary N) is 14. The fourth-order valence-corrected chi connectivity index (χ4v) is 14.9. The van der Waals surface area contributed by atoms with Crippen LogP contribution in [-0.2, 0) is 101 Å². The highest BCUT2D eigenvalue weighted by atomic mass is 33.1. The smallest absolute Gasteiger partial charge is 0.327 e. The van der Waals surface area contributed by atoms with Crippen molar-refractivity contribution in [2.75, 3.05) is 31.2 Å². The maximum atomic E-state index is 15.6. The van der Waals surface area contributed by atoms with E-state index in [1.165, 1.54) is 31.2 Å². The van der Waals surface area contributed by atoms with Crippen molar-refractivity contribution < 1.29 is 82.8 Å². The lowest BCUT2D eigenvalue weighted by atomic mass is 9.99. The highest BCUT2D eigenvalue weighted by molar-refractivity contribution is 8.76. The predicted octanol–water partition coefficient (Wildman–Crippen LogP) is -1.17. The number of rotatable bonds is 22. The molecule has 2 aliphatic rings. The van der Waals surface area contributed by atoms with Crippen LogP contribution in [0.3, 0.4) is 0 Å². The minimum Gasteiger partial charge on any atom is -0.508 e. The molecule has 0 saturated carbocycles. The molecule has 0 unspecified atom stereocenters. The van der Waals surface area contributed by atoms with Gasteiger partial charge in [-0.25, -0.2) is 4.79 Å². The van der Waals surface area contributed by atoms with Gasteiger partial charge in [0.1, 0.15) is 72.2 Å². The van der Waals surface area contributed by atoms with Crippen LogP contribution < -0.4 is 80.6 Å². The molecule has 0 radical (unpaired) electrons. The predicted molar refractivity (Wildman–Crippen MR) is 427 cm³/mol. The van der Waals surface area contributed by atoms with Crippen LogP contribution in [-0.4, -0.2) is 218 Å². The molecule has 2 fully saturated rings. The molecule has 0 spiro atoms. The molecule has 2 bridgehead atoms. The first-order valence-corrected chi connectivity index (χ1v) is 40.2. The average Bonchev–Trinajstić information content (AvgIpc) is 1.62. The van der Waals surface area contributed by atoms with Gasteiger partial charge in [0.05, 0.1) is 18.8 Å². The molecule has 114 heavy (non-hydrogen) atoms. The van der Waals surface area contributed by atoms with Crippen molar-refractivity contribution >= 4 is 109 Å². The first kappa shape index (κ1) is 88.6. The van der Waals surface area contributed by atoms with E-state index in [2.05, 4.69) is 74.1 Å². The van der Waals surface area contributed by atoms with Gasteiger partial charge in [-0.2, -0.15) is 0 Å². The number of fused-ring (bicyclic) bond motifs is 8. The molecule has 0 aliphatic carbocycles. The van der Waals surface area contributed by atoms with E-state index in [-0.39, 0.29) is 69.0 Å². The van der Waals surface area contributed by atoms with E-state index in [0.717, 1.165) is 27.2 Å². The number of unbranched alkanes of at least 4 members (excludes halogenated alkanes) is 1. The fourth-order valence-electron chi connectivity index (χ4n) is 12.6. The average molecular weight is 1610 g/mol. The van der Waals surface area contributed by atoms with Crippen LogP contribution in [0, 0.1) is 0 Å². The summed E-state index contributed by atoms with van der Waals surface area (Å²) in [6.45, 7) is 4.13. The number of aromatic nitrogens is 1. The molecule has 3 heterocycles. The largest absolute Gasteiger partial charge is 0.508 e. The Hall–Kier alpha value is -11.0. The van der Waals surface area contributed by atoms with Crippen LogP contribution in [0.15, 0.2) is 140 Å². The minimum atomic E-state index is -1.93. The number of carbonyl (C=O) groups is 13. The molecule has 35 heteroatoms. The summed E-state index contributed by atoms with van der Waals surface area (Å²) in [4.78, 5) is 195. The first-order chi connectivity index (χ1) is 54.6. The molecule has 13 atom stereocenters. The summed E-state index contributed by atoms with van der Waals surface area (Å²) >= 11 is 0. The normalized spacial score (nSPS) is 23.5. The summed E-state index contributed by atoms with van der Waals surface area (Å²) in [5.41, 5.74) is 16.4. The lowest BCUT2D eigenvalue weighted by molar-refractivity contribution is -0.142. The molecule has 1 aromatic heterocycles. The number of carboxylic acid groups (broad SMARTS) is 1. The number of aliphatic carboxylic acids is 1. The van der Waals surface area contributed by atoms with Crippen molar-refractivity contribution in [1.29, 1.82) is 0 Å². The summed E-state index contributed by atoms with van der Waals surface area (Å²) in [5.74, 6) is -14.7. The Balaban J connectivity index is 1.26. The van der Waals surface area contributed by atoms with Crippen LogP contribution >= 0.6 is 21.6 Å². The number of nitrogens with two attached hydrogens (primary N) is 2. The molecule has 12 amide bonds. The van der Waals surface area contributed by atoms with E-state index in [1.54, 1.807) is 103 Å². The van der Waals surface area contributed by atoms with E-state index in [4.69, 9.17) is 11.5 Å². The first-order valence-electron chi connectivity index (χ1n) is 37.7. The Bertz CT molecular complexity index is 4280. The van der Waals surface area contributed by atoms with Crippen molar-refractivity contribution in [3.05, 3.63) is 173 Å².